The van der Waals surface area contributed by atoms with Gasteiger partial charge >= 0.3 is 0 Å². The molecule has 142 valence electrons. The van der Waals surface area contributed by atoms with Crippen molar-refractivity contribution < 1.29 is 17.6 Å². The van der Waals surface area contributed by atoms with Crippen LogP contribution in [-0.2, 0) is 16.6 Å². The molecule has 1 aromatic heterocycles. The Hall–Kier alpha value is -3.16. The molecule has 3 aromatic rings. The maximum absolute atomic E-state index is 12.9. The average molecular weight is 396 g/mol. The molecule has 0 fully saturated rings. The Labute approximate surface area is 162 Å². The number of ketones is 1. The topological polar surface area (TPSA) is 76.1 Å². The number of benzene rings is 2. The highest BCUT2D eigenvalue weighted by atomic mass is 32.2. The lowest BCUT2D eigenvalue weighted by Crippen LogP contribution is -2.23. The van der Waals surface area contributed by atoms with Gasteiger partial charge in [0.05, 0.1) is 4.90 Å². The molecule has 0 bridgehead atoms. The van der Waals surface area contributed by atoms with Crippen LogP contribution in [0.3, 0.4) is 0 Å². The smallest absolute Gasteiger partial charge is 0.240 e. The van der Waals surface area contributed by atoms with Crippen molar-refractivity contribution in [2.24, 2.45) is 0 Å². The first-order valence-corrected chi connectivity index (χ1v) is 9.89. The normalized spacial score (nSPS) is 11.6. The maximum Gasteiger partial charge on any atom is 0.240 e. The highest BCUT2D eigenvalue weighted by Gasteiger charge is 2.14. The summed E-state index contributed by atoms with van der Waals surface area (Å²) in [5, 5.41) is 0. The van der Waals surface area contributed by atoms with E-state index in [0.717, 1.165) is 5.56 Å². The number of allylic oxidation sites excluding steroid dienone is 1. The number of sulfonamides is 1. The van der Waals surface area contributed by atoms with E-state index in [4.69, 9.17) is 0 Å². The molecule has 2 aromatic carbocycles. The lowest BCUT2D eigenvalue weighted by Gasteiger charge is -2.07. The Morgan fingerprint density at radius 1 is 1.04 bits per heavy atom. The number of halogens is 1. The van der Waals surface area contributed by atoms with Gasteiger partial charge in [0.1, 0.15) is 5.82 Å². The first kappa shape index (κ1) is 19.6. The molecule has 0 saturated carbocycles. The molecule has 0 radical (unpaired) electrons. The number of carbonyl (C=O) groups is 1. The number of aromatic nitrogens is 1. The van der Waals surface area contributed by atoms with E-state index in [-0.39, 0.29) is 23.0 Å². The van der Waals surface area contributed by atoms with Crippen molar-refractivity contribution in [3.8, 4) is 0 Å². The summed E-state index contributed by atoms with van der Waals surface area (Å²) >= 11 is 0. The van der Waals surface area contributed by atoms with Gasteiger partial charge in [-0.2, -0.15) is 0 Å². The predicted octanol–water partition coefficient (Wildman–Crippen LogP) is 3.60. The molecule has 0 spiro atoms. The van der Waals surface area contributed by atoms with Gasteiger partial charge in [-0.05, 0) is 65.7 Å². The number of carbonyl (C=O) groups excluding carboxylic acids is 1. The molecular weight excluding hydrogens is 379 g/mol. The summed E-state index contributed by atoms with van der Waals surface area (Å²) in [5.41, 5.74) is 1.80. The molecule has 0 unspecified atom stereocenters. The molecule has 1 heterocycles. The molecule has 7 heteroatoms. The van der Waals surface area contributed by atoms with Crippen molar-refractivity contribution in [2.75, 3.05) is 0 Å². The first-order valence-electron chi connectivity index (χ1n) is 8.41. The Kier molecular flexibility index (Phi) is 6.08. The van der Waals surface area contributed by atoms with Crippen molar-refractivity contribution in [1.82, 2.24) is 9.71 Å². The third-order valence-electron chi connectivity index (χ3n) is 3.94. The molecule has 5 nitrogen and oxygen atoms in total. The second-order valence-electron chi connectivity index (χ2n) is 5.96. The lowest BCUT2D eigenvalue weighted by molar-refractivity contribution is 0.104. The maximum atomic E-state index is 12.9. The summed E-state index contributed by atoms with van der Waals surface area (Å²) in [7, 11) is -3.75. The van der Waals surface area contributed by atoms with Crippen molar-refractivity contribution in [3.05, 3.63) is 102 Å². The van der Waals surface area contributed by atoms with E-state index in [2.05, 4.69) is 9.71 Å². The van der Waals surface area contributed by atoms with Crippen molar-refractivity contribution in [3.63, 3.8) is 0 Å². The van der Waals surface area contributed by atoms with Crippen LogP contribution >= 0.6 is 0 Å². The van der Waals surface area contributed by atoms with Crippen molar-refractivity contribution >= 4 is 21.9 Å². The van der Waals surface area contributed by atoms with E-state index in [9.17, 15) is 17.6 Å². The summed E-state index contributed by atoms with van der Waals surface area (Å²) in [6.07, 6.45) is 6.33. The van der Waals surface area contributed by atoms with E-state index < -0.39 is 10.0 Å². The number of nitrogens with zero attached hydrogens (tertiary/aromatic N) is 1. The fraction of sp³-hybridized carbons (Fsp3) is 0.0476. The minimum atomic E-state index is -3.75. The van der Waals surface area contributed by atoms with E-state index in [1.54, 1.807) is 24.5 Å². The van der Waals surface area contributed by atoms with Crippen LogP contribution in [0.2, 0.25) is 0 Å². The third kappa shape index (κ3) is 5.18. The van der Waals surface area contributed by atoms with Gasteiger partial charge in [0.25, 0.3) is 0 Å². The summed E-state index contributed by atoms with van der Waals surface area (Å²) in [6.45, 7) is 0.0388. The zero-order valence-electron chi connectivity index (χ0n) is 14.7. The van der Waals surface area contributed by atoms with Crippen LogP contribution in [0.1, 0.15) is 21.5 Å². The molecule has 28 heavy (non-hydrogen) atoms. The molecular formula is C21H17FN2O3S. The van der Waals surface area contributed by atoms with Gasteiger partial charge in [0.15, 0.2) is 5.78 Å². The molecule has 0 aliphatic heterocycles. The fourth-order valence-corrected chi connectivity index (χ4v) is 3.42. The minimum Gasteiger partial charge on any atom is -0.289 e. The van der Waals surface area contributed by atoms with E-state index in [1.165, 1.54) is 54.6 Å². The van der Waals surface area contributed by atoms with Crippen LogP contribution in [-0.4, -0.2) is 19.2 Å². The van der Waals surface area contributed by atoms with E-state index in [1.807, 2.05) is 6.07 Å². The van der Waals surface area contributed by atoms with Gasteiger partial charge in [-0.1, -0.05) is 18.2 Å². The SMILES string of the molecule is O=C(/C=C/c1cccnc1)c1ccc(S(=O)(=O)NCc2ccc(F)cc2)cc1. The molecule has 3 rings (SSSR count). The number of pyridine rings is 1. The number of hydrogen-bond acceptors (Lipinski definition) is 4. The minimum absolute atomic E-state index is 0.0388. The van der Waals surface area contributed by atoms with Gasteiger partial charge in [0.2, 0.25) is 10.0 Å². The second kappa shape index (κ2) is 8.69. The molecule has 0 aliphatic rings. The van der Waals surface area contributed by atoms with Crippen molar-refractivity contribution in [2.45, 2.75) is 11.4 Å². The Morgan fingerprint density at radius 3 is 2.39 bits per heavy atom. The van der Waals surface area contributed by atoms with Gasteiger partial charge in [-0.25, -0.2) is 17.5 Å². The average Bonchev–Trinajstić information content (AvgIpc) is 2.72. The van der Waals surface area contributed by atoms with Crippen LogP contribution in [0.4, 0.5) is 4.39 Å². The van der Waals surface area contributed by atoms with E-state index in [0.29, 0.717) is 11.1 Å². The zero-order chi connectivity index (χ0) is 20.0. The first-order chi connectivity index (χ1) is 13.4. The number of hydrogen-bond donors (Lipinski definition) is 1. The van der Waals surface area contributed by atoms with Crippen LogP contribution in [0.5, 0.6) is 0 Å². The largest absolute Gasteiger partial charge is 0.289 e. The van der Waals surface area contributed by atoms with Crippen LogP contribution in [0.15, 0.2) is 84.0 Å². The van der Waals surface area contributed by atoms with Gasteiger partial charge in [-0.15, -0.1) is 0 Å². The second-order valence-corrected chi connectivity index (χ2v) is 7.73. The Morgan fingerprint density at radius 2 is 1.75 bits per heavy atom. The van der Waals surface area contributed by atoms with Gasteiger partial charge in [0, 0.05) is 24.5 Å². The monoisotopic (exact) mass is 396 g/mol. The van der Waals surface area contributed by atoms with E-state index >= 15 is 0 Å². The lowest BCUT2D eigenvalue weighted by atomic mass is 10.1. The predicted molar refractivity (Wildman–Crippen MR) is 104 cm³/mol. The molecule has 0 amide bonds. The molecule has 0 aliphatic carbocycles. The molecule has 1 N–H and O–H groups in total. The van der Waals surface area contributed by atoms with Crippen LogP contribution in [0, 0.1) is 5.82 Å². The Bertz CT molecular complexity index is 1080. The summed E-state index contributed by atoms with van der Waals surface area (Å²) < 4.78 is 40.1. The summed E-state index contributed by atoms with van der Waals surface area (Å²) in [4.78, 5) is 16.2. The summed E-state index contributed by atoms with van der Waals surface area (Å²) in [6, 6.07) is 14.8. The third-order valence-corrected chi connectivity index (χ3v) is 5.36. The van der Waals surface area contributed by atoms with Gasteiger partial charge < -0.3 is 0 Å². The number of nitrogens with one attached hydrogen (secondary N) is 1. The molecule has 0 saturated heterocycles. The fourth-order valence-electron chi connectivity index (χ4n) is 2.40. The van der Waals surface area contributed by atoms with Crippen molar-refractivity contribution in [1.29, 1.82) is 0 Å². The number of rotatable bonds is 7. The Balaban J connectivity index is 1.66. The quantitative estimate of drug-likeness (QED) is 0.489. The van der Waals surface area contributed by atoms with Crippen LogP contribution < -0.4 is 4.72 Å². The standard InChI is InChI=1S/C21H17FN2O3S/c22-19-8-3-17(4-9-19)15-24-28(26,27)20-10-6-18(7-11-20)21(25)12-5-16-2-1-13-23-14-16/h1-14,24H,15H2/b12-5+. The molecule has 0 atom stereocenters. The highest BCUT2D eigenvalue weighted by molar-refractivity contribution is 7.89. The summed E-state index contributed by atoms with van der Waals surface area (Å²) in [5.74, 6) is -0.628. The van der Waals surface area contributed by atoms with Crippen LogP contribution in [0.25, 0.3) is 6.08 Å². The zero-order valence-corrected chi connectivity index (χ0v) is 15.6. The van der Waals surface area contributed by atoms with Gasteiger partial charge in [-0.3, -0.25) is 9.78 Å². The highest BCUT2D eigenvalue weighted by Crippen LogP contribution is 2.13.